The van der Waals surface area contributed by atoms with Crippen molar-refractivity contribution in [2.75, 3.05) is 5.73 Å². The molecule has 0 radical (unpaired) electrons. The van der Waals surface area contributed by atoms with E-state index in [1.807, 2.05) is 6.07 Å². The van der Waals surface area contributed by atoms with Crippen molar-refractivity contribution >= 4 is 28.3 Å². The lowest BCUT2D eigenvalue weighted by Gasteiger charge is -1.94. The lowest BCUT2D eigenvalue weighted by atomic mass is 10.2. The zero-order valence-corrected chi connectivity index (χ0v) is 6.30. The Kier molecular flexibility index (Phi) is 1.26. The van der Waals surface area contributed by atoms with Gasteiger partial charge in [-0.15, -0.1) is 0 Å². The lowest BCUT2D eigenvalue weighted by molar-refractivity contribution is 0.456. The van der Waals surface area contributed by atoms with Crippen LogP contribution in [0.15, 0.2) is 22.9 Å². The minimum atomic E-state index is 0.431. The van der Waals surface area contributed by atoms with Crippen LogP contribution < -0.4 is 5.73 Å². The van der Waals surface area contributed by atoms with Crippen molar-refractivity contribution in [2.45, 2.75) is 0 Å². The van der Waals surface area contributed by atoms with Gasteiger partial charge in [0.15, 0.2) is 5.58 Å². The summed E-state index contributed by atoms with van der Waals surface area (Å²) in [5.41, 5.74) is 6.58. The largest absolute Gasteiger partial charge is 0.397 e. The second-order valence-corrected chi connectivity index (χ2v) is 2.59. The van der Waals surface area contributed by atoms with E-state index in [0.717, 1.165) is 5.39 Å². The van der Waals surface area contributed by atoms with E-state index in [-0.39, 0.29) is 0 Å². The van der Waals surface area contributed by atoms with Gasteiger partial charge in [-0.25, -0.2) is 0 Å². The van der Waals surface area contributed by atoms with Crippen LogP contribution in [0, 0.1) is 0 Å². The average molecular weight is 169 g/mol. The van der Waals surface area contributed by atoms with E-state index in [9.17, 15) is 0 Å². The van der Waals surface area contributed by atoms with E-state index in [0.29, 0.717) is 16.3 Å². The first-order valence-electron chi connectivity index (χ1n) is 3.07. The minimum Gasteiger partial charge on any atom is -0.397 e. The summed E-state index contributed by atoms with van der Waals surface area (Å²) in [7, 11) is 0. The molecule has 4 heteroatoms. The predicted octanol–water partition coefficient (Wildman–Crippen LogP) is 2.06. The molecule has 56 valence electrons. The van der Waals surface area contributed by atoms with Crippen LogP contribution >= 0.6 is 11.6 Å². The summed E-state index contributed by atoms with van der Waals surface area (Å²) in [6.45, 7) is 0. The quantitative estimate of drug-likeness (QED) is 0.613. The van der Waals surface area contributed by atoms with E-state index in [1.165, 1.54) is 0 Å². The highest BCUT2D eigenvalue weighted by Gasteiger charge is 2.05. The molecule has 2 rings (SSSR count). The normalized spacial score (nSPS) is 10.6. The van der Waals surface area contributed by atoms with Gasteiger partial charge in [-0.2, -0.15) is 0 Å². The Morgan fingerprint density at radius 2 is 2.27 bits per heavy atom. The molecule has 0 saturated heterocycles. The molecule has 0 aliphatic rings. The maximum atomic E-state index is 5.81. The maximum Gasteiger partial charge on any atom is 0.187 e. The van der Waals surface area contributed by atoms with Crippen molar-refractivity contribution in [2.24, 2.45) is 0 Å². The summed E-state index contributed by atoms with van der Waals surface area (Å²) in [5, 5.41) is 4.88. The molecule has 1 heterocycles. The van der Waals surface area contributed by atoms with Gasteiger partial charge in [0.1, 0.15) is 5.02 Å². The molecule has 0 spiro atoms. The van der Waals surface area contributed by atoms with Crippen molar-refractivity contribution in [1.82, 2.24) is 5.16 Å². The Bertz CT molecular complexity index is 396. The van der Waals surface area contributed by atoms with Crippen LogP contribution in [0.1, 0.15) is 0 Å². The molecule has 0 amide bonds. The molecule has 0 aliphatic heterocycles. The monoisotopic (exact) mass is 168 g/mol. The number of anilines is 1. The third kappa shape index (κ3) is 0.851. The lowest BCUT2D eigenvalue weighted by Crippen LogP contribution is -1.84. The van der Waals surface area contributed by atoms with Gasteiger partial charge in [0.05, 0.1) is 11.9 Å². The van der Waals surface area contributed by atoms with E-state index in [4.69, 9.17) is 21.9 Å². The third-order valence-corrected chi connectivity index (χ3v) is 1.88. The van der Waals surface area contributed by atoms with Gasteiger partial charge in [0.2, 0.25) is 0 Å². The molecule has 2 aromatic rings. The molecular formula is C7H5ClN2O. The summed E-state index contributed by atoms with van der Waals surface area (Å²) in [4.78, 5) is 0. The molecule has 1 aromatic heterocycles. The second kappa shape index (κ2) is 2.13. The number of fused-ring (bicyclic) bond motifs is 1. The van der Waals surface area contributed by atoms with E-state index >= 15 is 0 Å². The van der Waals surface area contributed by atoms with Crippen LogP contribution in [0.5, 0.6) is 0 Å². The van der Waals surface area contributed by atoms with Gasteiger partial charge in [-0.05, 0) is 12.1 Å². The van der Waals surface area contributed by atoms with Crippen LogP contribution in [0.3, 0.4) is 0 Å². The van der Waals surface area contributed by atoms with Crippen LogP contribution in [0.25, 0.3) is 11.0 Å². The maximum absolute atomic E-state index is 5.81. The summed E-state index contributed by atoms with van der Waals surface area (Å²) in [6, 6.07) is 3.54. The zero-order valence-electron chi connectivity index (χ0n) is 5.54. The molecule has 0 unspecified atom stereocenters. The van der Waals surface area contributed by atoms with E-state index < -0.39 is 0 Å². The summed E-state index contributed by atoms with van der Waals surface area (Å²) in [6.07, 6.45) is 1.60. The van der Waals surface area contributed by atoms with Gasteiger partial charge in [-0.1, -0.05) is 16.8 Å². The van der Waals surface area contributed by atoms with E-state index in [1.54, 1.807) is 12.3 Å². The number of aromatic nitrogens is 1. The van der Waals surface area contributed by atoms with Crippen molar-refractivity contribution in [1.29, 1.82) is 0 Å². The standard InChI is InChI=1S/C7H5ClN2O/c8-6-5(9)2-1-4-3-10-11-7(4)6/h1-3H,9H2. The Morgan fingerprint density at radius 3 is 3.09 bits per heavy atom. The molecular weight excluding hydrogens is 164 g/mol. The molecule has 0 aliphatic carbocycles. The van der Waals surface area contributed by atoms with Crippen molar-refractivity contribution in [3.05, 3.63) is 23.4 Å². The van der Waals surface area contributed by atoms with Gasteiger partial charge in [0.25, 0.3) is 0 Å². The number of nitrogen functional groups attached to an aromatic ring is 1. The first-order valence-corrected chi connectivity index (χ1v) is 3.45. The fraction of sp³-hybridized carbons (Fsp3) is 0. The SMILES string of the molecule is Nc1ccc2cnoc2c1Cl. The van der Waals surface area contributed by atoms with Crippen LogP contribution in [-0.4, -0.2) is 5.16 Å². The smallest absolute Gasteiger partial charge is 0.187 e. The number of halogens is 1. The Morgan fingerprint density at radius 1 is 1.45 bits per heavy atom. The molecule has 0 bridgehead atoms. The molecule has 0 saturated carbocycles. The molecule has 0 atom stereocenters. The third-order valence-electron chi connectivity index (χ3n) is 1.49. The highest BCUT2D eigenvalue weighted by atomic mass is 35.5. The minimum absolute atomic E-state index is 0.431. The first-order chi connectivity index (χ1) is 5.29. The van der Waals surface area contributed by atoms with Gasteiger partial charge >= 0.3 is 0 Å². The Hall–Kier alpha value is -1.22. The fourth-order valence-corrected chi connectivity index (χ4v) is 1.12. The second-order valence-electron chi connectivity index (χ2n) is 2.21. The molecule has 1 aromatic carbocycles. The van der Waals surface area contributed by atoms with E-state index in [2.05, 4.69) is 5.16 Å². The zero-order chi connectivity index (χ0) is 7.84. The highest BCUT2D eigenvalue weighted by Crippen LogP contribution is 2.28. The number of rotatable bonds is 0. The Labute approximate surface area is 67.7 Å². The van der Waals surface area contributed by atoms with Gasteiger partial charge in [0, 0.05) is 5.39 Å². The molecule has 0 fully saturated rings. The number of nitrogens with zero attached hydrogens (tertiary/aromatic N) is 1. The van der Waals surface area contributed by atoms with Crippen LogP contribution in [-0.2, 0) is 0 Å². The van der Waals surface area contributed by atoms with Crippen molar-refractivity contribution < 1.29 is 4.52 Å². The Balaban J connectivity index is 2.93. The molecule has 2 N–H and O–H groups in total. The molecule has 3 nitrogen and oxygen atoms in total. The van der Waals surface area contributed by atoms with Crippen molar-refractivity contribution in [3.63, 3.8) is 0 Å². The number of benzene rings is 1. The summed E-state index contributed by atoms with van der Waals surface area (Å²) < 4.78 is 4.87. The van der Waals surface area contributed by atoms with Crippen LogP contribution in [0.2, 0.25) is 5.02 Å². The van der Waals surface area contributed by atoms with Gasteiger partial charge < -0.3 is 10.3 Å². The summed E-state index contributed by atoms with van der Waals surface area (Å²) >= 11 is 5.81. The van der Waals surface area contributed by atoms with Gasteiger partial charge in [-0.3, -0.25) is 0 Å². The van der Waals surface area contributed by atoms with Crippen LogP contribution in [0.4, 0.5) is 5.69 Å². The van der Waals surface area contributed by atoms with Crippen molar-refractivity contribution in [3.8, 4) is 0 Å². The fourth-order valence-electron chi connectivity index (χ4n) is 0.917. The average Bonchev–Trinajstić information content (AvgIpc) is 2.45. The topological polar surface area (TPSA) is 52.0 Å². The molecule has 11 heavy (non-hydrogen) atoms. The first kappa shape index (κ1) is 6.49. The number of hydrogen-bond acceptors (Lipinski definition) is 3. The highest BCUT2D eigenvalue weighted by molar-refractivity contribution is 6.37. The number of hydrogen-bond donors (Lipinski definition) is 1. The number of nitrogens with two attached hydrogens (primary N) is 1. The predicted molar refractivity (Wildman–Crippen MR) is 43.4 cm³/mol. The summed E-state index contributed by atoms with van der Waals surface area (Å²) in [5.74, 6) is 0.